The summed E-state index contributed by atoms with van der Waals surface area (Å²) < 4.78 is 0. The molecule has 1 aromatic carbocycles. The highest BCUT2D eigenvalue weighted by molar-refractivity contribution is 14.0. The zero-order valence-corrected chi connectivity index (χ0v) is 22.0. The summed E-state index contributed by atoms with van der Waals surface area (Å²) in [5, 5.41) is 7.96. The summed E-state index contributed by atoms with van der Waals surface area (Å²) >= 11 is 1.77. The van der Waals surface area contributed by atoms with Gasteiger partial charge in [-0.1, -0.05) is 30.3 Å². The van der Waals surface area contributed by atoms with Crippen molar-refractivity contribution in [3.63, 3.8) is 0 Å². The molecule has 1 saturated heterocycles. The highest BCUT2D eigenvalue weighted by Crippen LogP contribution is 2.11. The molecule has 1 aliphatic rings. The van der Waals surface area contributed by atoms with Crippen molar-refractivity contribution >= 4 is 41.3 Å². The van der Waals surface area contributed by atoms with Crippen LogP contribution in [-0.4, -0.2) is 73.1 Å². The van der Waals surface area contributed by atoms with E-state index in [-0.39, 0.29) is 24.0 Å². The number of aliphatic imine (C=N–C) groups is 1. The van der Waals surface area contributed by atoms with Crippen molar-refractivity contribution in [2.24, 2.45) is 4.99 Å². The topological polar surface area (TPSA) is 55.8 Å². The standard InChI is InChI=1S/C23H36N6S.HI/c1-3-24-23(26-12-10-22-27-18-20(2)30-22)25-11-7-13-28-14-16-29(17-15-28)19-21-8-5-4-6-9-21;/h4-6,8-9,18H,3,7,10-17,19H2,1-2H3,(H2,24,25,26);1H. The Hall–Kier alpha value is -1.23. The van der Waals surface area contributed by atoms with Crippen LogP contribution in [0.2, 0.25) is 0 Å². The zero-order valence-electron chi connectivity index (χ0n) is 18.8. The first-order valence-corrected chi connectivity index (χ1v) is 12.0. The summed E-state index contributed by atoms with van der Waals surface area (Å²) in [6.45, 7) is 13.6. The van der Waals surface area contributed by atoms with Crippen molar-refractivity contribution in [3.8, 4) is 0 Å². The van der Waals surface area contributed by atoms with Crippen LogP contribution in [0.1, 0.15) is 28.8 Å². The van der Waals surface area contributed by atoms with Crippen molar-refractivity contribution < 1.29 is 0 Å². The van der Waals surface area contributed by atoms with Crippen LogP contribution >= 0.6 is 35.3 Å². The second-order valence-electron chi connectivity index (χ2n) is 7.76. The third-order valence-corrected chi connectivity index (χ3v) is 6.23. The third kappa shape index (κ3) is 9.84. The minimum Gasteiger partial charge on any atom is -0.357 e. The quantitative estimate of drug-likeness (QED) is 0.204. The van der Waals surface area contributed by atoms with Crippen LogP contribution < -0.4 is 10.6 Å². The summed E-state index contributed by atoms with van der Waals surface area (Å²) in [6.07, 6.45) is 3.98. The molecular weight excluding hydrogens is 519 g/mol. The first-order chi connectivity index (χ1) is 14.7. The molecule has 2 N–H and O–H groups in total. The van der Waals surface area contributed by atoms with Crippen LogP contribution in [0.4, 0.5) is 0 Å². The number of hydrogen-bond acceptors (Lipinski definition) is 5. The number of hydrogen-bond donors (Lipinski definition) is 2. The van der Waals surface area contributed by atoms with E-state index in [0.29, 0.717) is 0 Å². The summed E-state index contributed by atoms with van der Waals surface area (Å²) in [6, 6.07) is 10.8. The Morgan fingerprint density at radius 3 is 2.52 bits per heavy atom. The Balaban J connectivity index is 0.00000341. The van der Waals surface area contributed by atoms with E-state index >= 15 is 0 Å². The number of piperazine rings is 1. The Kier molecular flexibility index (Phi) is 12.4. The molecule has 31 heavy (non-hydrogen) atoms. The van der Waals surface area contributed by atoms with Gasteiger partial charge in [-0.25, -0.2) is 4.98 Å². The van der Waals surface area contributed by atoms with Crippen LogP contribution in [0.15, 0.2) is 41.5 Å². The average Bonchev–Trinajstić information content (AvgIpc) is 3.18. The highest BCUT2D eigenvalue weighted by Gasteiger charge is 2.16. The molecule has 1 aromatic heterocycles. The van der Waals surface area contributed by atoms with Crippen molar-refractivity contribution in [1.82, 2.24) is 25.4 Å². The molecule has 0 bridgehead atoms. The van der Waals surface area contributed by atoms with Gasteiger partial charge in [0.1, 0.15) is 0 Å². The molecule has 172 valence electrons. The van der Waals surface area contributed by atoms with Crippen molar-refractivity contribution in [2.75, 3.05) is 52.4 Å². The number of nitrogens with zero attached hydrogens (tertiary/aromatic N) is 4. The molecule has 2 aromatic rings. The predicted molar refractivity (Wildman–Crippen MR) is 143 cm³/mol. The van der Waals surface area contributed by atoms with Gasteiger partial charge in [0.05, 0.1) is 5.01 Å². The molecule has 6 nitrogen and oxygen atoms in total. The lowest BCUT2D eigenvalue weighted by atomic mass is 10.2. The first-order valence-electron chi connectivity index (χ1n) is 11.1. The lowest BCUT2D eigenvalue weighted by molar-refractivity contribution is 0.127. The van der Waals surface area contributed by atoms with Gasteiger partial charge in [0, 0.05) is 76.4 Å². The van der Waals surface area contributed by atoms with Gasteiger partial charge in [-0.05, 0) is 25.8 Å². The maximum atomic E-state index is 4.75. The van der Waals surface area contributed by atoms with E-state index < -0.39 is 0 Å². The lowest BCUT2D eigenvalue weighted by Gasteiger charge is -2.34. The zero-order chi connectivity index (χ0) is 21.0. The van der Waals surface area contributed by atoms with E-state index in [1.54, 1.807) is 11.3 Å². The molecule has 8 heteroatoms. The van der Waals surface area contributed by atoms with Crippen LogP contribution in [0, 0.1) is 6.92 Å². The second-order valence-corrected chi connectivity index (χ2v) is 9.08. The molecule has 0 spiro atoms. The molecular formula is C23H37IN6S. The molecule has 0 unspecified atom stereocenters. The van der Waals surface area contributed by atoms with E-state index in [9.17, 15) is 0 Å². The van der Waals surface area contributed by atoms with E-state index in [1.807, 2.05) is 6.20 Å². The fourth-order valence-corrected chi connectivity index (χ4v) is 4.43. The number of aryl methyl sites for hydroxylation is 1. The lowest BCUT2D eigenvalue weighted by Crippen LogP contribution is -2.46. The third-order valence-electron chi connectivity index (χ3n) is 5.26. The molecule has 0 saturated carbocycles. The smallest absolute Gasteiger partial charge is 0.191 e. The van der Waals surface area contributed by atoms with Crippen molar-refractivity contribution in [2.45, 2.75) is 33.2 Å². The normalized spacial score (nSPS) is 15.5. The Labute approximate surface area is 208 Å². The van der Waals surface area contributed by atoms with Crippen LogP contribution in [0.3, 0.4) is 0 Å². The number of halogens is 1. The predicted octanol–water partition coefficient (Wildman–Crippen LogP) is 3.38. The van der Waals surface area contributed by atoms with E-state index in [1.165, 1.54) is 15.4 Å². The number of rotatable bonds is 10. The number of benzene rings is 1. The summed E-state index contributed by atoms with van der Waals surface area (Å²) in [5.74, 6) is 0.915. The Morgan fingerprint density at radius 1 is 1.10 bits per heavy atom. The minimum atomic E-state index is 0. The molecule has 0 amide bonds. The van der Waals surface area contributed by atoms with Gasteiger partial charge in [0.15, 0.2) is 5.96 Å². The number of guanidine groups is 1. The number of thiazole rings is 1. The maximum Gasteiger partial charge on any atom is 0.191 e. The minimum absolute atomic E-state index is 0. The molecule has 0 radical (unpaired) electrons. The summed E-state index contributed by atoms with van der Waals surface area (Å²) in [7, 11) is 0. The highest BCUT2D eigenvalue weighted by atomic mass is 127. The van der Waals surface area contributed by atoms with Gasteiger partial charge >= 0.3 is 0 Å². The van der Waals surface area contributed by atoms with Crippen LogP contribution in [0.5, 0.6) is 0 Å². The van der Waals surface area contributed by atoms with Crippen molar-refractivity contribution in [1.29, 1.82) is 0 Å². The van der Waals surface area contributed by atoms with E-state index in [2.05, 4.69) is 69.6 Å². The fourth-order valence-electron chi connectivity index (χ4n) is 3.64. The molecule has 0 aliphatic carbocycles. The molecule has 1 fully saturated rings. The average molecular weight is 557 g/mol. The van der Waals surface area contributed by atoms with Gasteiger partial charge in [0.2, 0.25) is 0 Å². The molecule has 3 rings (SSSR count). The SMILES string of the molecule is CCNC(=NCCCN1CCN(Cc2ccccc2)CC1)NCCc1ncc(C)s1.I. The van der Waals surface area contributed by atoms with Gasteiger partial charge in [-0.2, -0.15) is 0 Å². The van der Waals surface area contributed by atoms with Gasteiger partial charge in [0.25, 0.3) is 0 Å². The van der Waals surface area contributed by atoms with Crippen LogP contribution in [0.25, 0.3) is 0 Å². The maximum absolute atomic E-state index is 4.75. The molecule has 2 heterocycles. The number of aromatic nitrogens is 1. The summed E-state index contributed by atoms with van der Waals surface area (Å²) in [4.78, 5) is 15.6. The largest absolute Gasteiger partial charge is 0.357 e. The monoisotopic (exact) mass is 556 g/mol. The fraction of sp³-hybridized carbons (Fsp3) is 0.565. The molecule has 1 aliphatic heterocycles. The Bertz CT molecular complexity index is 758. The second kappa shape index (κ2) is 14.8. The molecule has 0 atom stereocenters. The van der Waals surface area contributed by atoms with E-state index in [0.717, 1.165) is 77.7 Å². The Morgan fingerprint density at radius 2 is 1.84 bits per heavy atom. The number of nitrogens with one attached hydrogen (secondary N) is 2. The first kappa shape index (κ1) is 26.0. The van der Waals surface area contributed by atoms with Crippen molar-refractivity contribution in [3.05, 3.63) is 52.0 Å². The van der Waals surface area contributed by atoms with Crippen LogP contribution in [-0.2, 0) is 13.0 Å². The van der Waals surface area contributed by atoms with Gasteiger partial charge in [-0.3, -0.25) is 9.89 Å². The van der Waals surface area contributed by atoms with Gasteiger partial charge in [-0.15, -0.1) is 35.3 Å². The van der Waals surface area contributed by atoms with E-state index in [4.69, 9.17) is 4.99 Å². The van der Waals surface area contributed by atoms with Gasteiger partial charge < -0.3 is 15.5 Å². The summed E-state index contributed by atoms with van der Waals surface area (Å²) in [5.41, 5.74) is 1.41.